The van der Waals surface area contributed by atoms with Crippen molar-refractivity contribution >= 4 is 23.6 Å². The number of rotatable bonds is 4. The minimum Gasteiger partial charge on any atom is -0.364 e. The van der Waals surface area contributed by atoms with Gasteiger partial charge in [0.05, 0.1) is 11.9 Å². The number of carbonyl (C=O) groups excluding carboxylic acids is 2. The Bertz CT molecular complexity index is 661. The van der Waals surface area contributed by atoms with Crippen LogP contribution in [-0.2, 0) is 11.8 Å². The van der Waals surface area contributed by atoms with Crippen LogP contribution in [0.25, 0.3) is 6.08 Å². The second-order valence-electron chi connectivity index (χ2n) is 4.00. The Hall–Kier alpha value is -2.96. The van der Waals surface area contributed by atoms with Crippen molar-refractivity contribution in [2.75, 3.05) is 5.32 Å². The average molecular weight is 271 g/mol. The van der Waals surface area contributed by atoms with Crippen molar-refractivity contribution in [2.45, 2.75) is 0 Å². The van der Waals surface area contributed by atoms with Crippen LogP contribution < -0.4 is 11.1 Å². The number of nitrogens with two attached hydrogens (primary N) is 1. The first-order valence-corrected chi connectivity index (χ1v) is 5.79. The maximum atomic E-state index is 11.8. The Morgan fingerprint density at radius 3 is 2.85 bits per heavy atom. The highest BCUT2D eigenvalue weighted by molar-refractivity contribution is 6.06. The SMILES string of the molecule is Cn1ncc(NC(=O)/C=C/c2cccnc2)c1C(N)=O. The monoisotopic (exact) mass is 271 g/mol. The predicted molar refractivity (Wildman–Crippen MR) is 73.6 cm³/mol. The molecule has 0 bridgehead atoms. The van der Waals surface area contributed by atoms with Crippen LogP contribution in [0.4, 0.5) is 5.69 Å². The number of nitrogens with zero attached hydrogens (tertiary/aromatic N) is 3. The van der Waals surface area contributed by atoms with Gasteiger partial charge in [0, 0.05) is 25.5 Å². The van der Waals surface area contributed by atoms with Gasteiger partial charge < -0.3 is 11.1 Å². The van der Waals surface area contributed by atoms with E-state index in [-0.39, 0.29) is 17.3 Å². The molecule has 0 unspecified atom stereocenters. The Morgan fingerprint density at radius 2 is 2.20 bits per heavy atom. The molecule has 0 aromatic carbocycles. The highest BCUT2D eigenvalue weighted by Crippen LogP contribution is 2.13. The molecule has 20 heavy (non-hydrogen) atoms. The summed E-state index contributed by atoms with van der Waals surface area (Å²) >= 11 is 0. The Balaban J connectivity index is 2.09. The van der Waals surface area contributed by atoms with Crippen LogP contribution in [0.5, 0.6) is 0 Å². The number of pyridine rings is 1. The van der Waals surface area contributed by atoms with Gasteiger partial charge in [0.25, 0.3) is 5.91 Å². The van der Waals surface area contributed by atoms with Gasteiger partial charge in [-0.1, -0.05) is 6.07 Å². The molecule has 0 saturated carbocycles. The van der Waals surface area contributed by atoms with Crippen LogP contribution in [0, 0.1) is 0 Å². The van der Waals surface area contributed by atoms with Crippen molar-refractivity contribution in [3.8, 4) is 0 Å². The van der Waals surface area contributed by atoms with Crippen LogP contribution in [0.3, 0.4) is 0 Å². The van der Waals surface area contributed by atoms with Crippen molar-refractivity contribution in [3.63, 3.8) is 0 Å². The van der Waals surface area contributed by atoms with Crippen molar-refractivity contribution in [1.82, 2.24) is 14.8 Å². The maximum absolute atomic E-state index is 11.8. The van der Waals surface area contributed by atoms with Crippen LogP contribution in [0.1, 0.15) is 16.1 Å². The highest BCUT2D eigenvalue weighted by atomic mass is 16.2. The predicted octanol–water partition coefficient (Wildman–Crippen LogP) is 0.566. The second-order valence-corrected chi connectivity index (χ2v) is 4.00. The molecule has 3 N–H and O–H groups in total. The molecular formula is C13H13N5O2. The van der Waals surface area contributed by atoms with Crippen LogP contribution in [0.15, 0.2) is 36.8 Å². The topological polar surface area (TPSA) is 103 Å². The van der Waals surface area contributed by atoms with E-state index < -0.39 is 5.91 Å². The van der Waals surface area contributed by atoms with Gasteiger partial charge in [0.15, 0.2) is 0 Å². The van der Waals surface area contributed by atoms with E-state index in [1.807, 2.05) is 6.07 Å². The molecule has 0 radical (unpaired) electrons. The summed E-state index contributed by atoms with van der Waals surface area (Å²) in [6, 6.07) is 3.58. The van der Waals surface area contributed by atoms with Crippen molar-refractivity contribution in [1.29, 1.82) is 0 Å². The lowest BCUT2D eigenvalue weighted by molar-refractivity contribution is -0.111. The zero-order valence-corrected chi connectivity index (χ0v) is 10.8. The number of nitrogens with one attached hydrogen (secondary N) is 1. The van der Waals surface area contributed by atoms with E-state index in [9.17, 15) is 9.59 Å². The number of anilines is 1. The highest BCUT2D eigenvalue weighted by Gasteiger charge is 2.14. The summed E-state index contributed by atoms with van der Waals surface area (Å²) in [6.45, 7) is 0. The Labute approximate surface area is 115 Å². The van der Waals surface area contributed by atoms with Crippen LogP contribution in [-0.4, -0.2) is 26.6 Å². The number of amides is 2. The molecule has 0 fully saturated rings. The van der Waals surface area contributed by atoms with Crippen molar-refractivity contribution in [2.24, 2.45) is 12.8 Å². The molecule has 0 saturated heterocycles. The van der Waals surface area contributed by atoms with Gasteiger partial charge in [-0.3, -0.25) is 19.3 Å². The molecule has 2 aromatic rings. The van der Waals surface area contributed by atoms with E-state index in [2.05, 4.69) is 15.4 Å². The summed E-state index contributed by atoms with van der Waals surface area (Å²) in [5.74, 6) is -1.04. The van der Waals surface area contributed by atoms with Crippen molar-refractivity contribution < 1.29 is 9.59 Å². The average Bonchev–Trinajstić information content (AvgIpc) is 2.78. The lowest BCUT2D eigenvalue weighted by atomic mass is 10.2. The van der Waals surface area contributed by atoms with E-state index in [0.29, 0.717) is 0 Å². The maximum Gasteiger partial charge on any atom is 0.269 e. The number of aryl methyl sites for hydroxylation is 1. The molecule has 2 aromatic heterocycles. The van der Waals surface area contributed by atoms with Gasteiger partial charge in [-0.2, -0.15) is 5.10 Å². The van der Waals surface area contributed by atoms with Gasteiger partial charge in [-0.05, 0) is 17.7 Å². The molecule has 0 spiro atoms. The first-order chi connectivity index (χ1) is 9.58. The summed E-state index contributed by atoms with van der Waals surface area (Å²) in [5, 5.41) is 6.43. The molecule has 0 atom stereocenters. The molecule has 7 heteroatoms. The largest absolute Gasteiger partial charge is 0.364 e. The standard InChI is InChI=1S/C13H13N5O2/c1-18-12(13(14)20)10(8-16-18)17-11(19)5-4-9-3-2-6-15-7-9/h2-8H,1H3,(H2,14,20)(H,17,19)/b5-4+. The zero-order chi connectivity index (χ0) is 14.5. The molecule has 102 valence electrons. The number of primary amides is 1. The van der Waals surface area contributed by atoms with Gasteiger partial charge >= 0.3 is 0 Å². The van der Waals surface area contributed by atoms with E-state index in [1.54, 1.807) is 31.6 Å². The minimum absolute atomic E-state index is 0.146. The number of hydrogen-bond acceptors (Lipinski definition) is 4. The third kappa shape index (κ3) is 3.08. The smallest absolute Gasteiger partial charge is 0.269 e. The van der Waals surface area contributed by atoms with Gasteiger partial charge in [-0.25, -0.2) is 0 Å². The molecule has 2 heterocycles. The molecule has 2 rings (SSSR count). The molecule has 7 nitrogen and oxygen atoms in total. The molecular weight excluding hydrogens is 258 g/mol. The summed E-state index contributed by atoms with van der Waals surface area (Å²) in [5.41, 5.74) is 6.44. The minimum atomic E-state index is -0.656. The first-order valence-electron chi connectivity index (χ1n) is 5.79. The summed E-state index contributed by atoms with van der Waals surface area (Å²) in [6.07, 6.45) is 7.60. The lowest BCUT2D eigenvalue weighted by Crippen LogP contribution is -2.19. The van der Waals surface area contributed by atoms with E-state index in [0.717, 1.165) is 5.56 Å². The summed E-state index contributed by atoms with van der Waals surface area (Å²) < 4.78 is 1.31. The van der Waals surface area contributed by atoms with Gasteiger partial charge in [0.1, 0.15) is 5.69 Å². The van der Waals surface area contributed by atoms with Crippen molar-refractivity contribution in [3.05, 3.63) is 48.1 Å². The fourth-order valence-corrected chi connectivity index (χ4v) is 1.64. The summed E-state index contributed by atoms with van der Waals surface area (Å²) in [7, 11) is 1.57. The van der Waals surface area contributed by atoms with Crippen LogP contribution in [0.2, 0.25) is 0 Å². The third-order valence-corrected chi connectivity index (χ3v) is 2.54. The number of aromatic nitrogens is 3. The van der Waals surface area contributed by atoms with Gasteiger partial charge in [-0.15, -0.1) is 0 Å². The molecule has 0 aliphatic carbocycles. The zero-order valence-electron chi connectivity index (χ0n) is 10.8. The fraction of sp³-hybridized carbons (Fsp3) is 0.0769. The molecule has 0 aliphatic rings. The Kier molecular flexibility index (Phi) is 3.90. The van der Waals surface area contributed by atoms with E-state index in [1.165, 1.54) is 17.0 Å². The van der Waals surface area contributed by atoms with Gasteiger partial charge in [0.2, 0.25) is 5.91 Å². The normalized spacial score (nSPS) is 10.7. The first kappa shape index (κ1) is 13.5. The third-order valence-electron chi connectivity index (χ3n) is 2.54. The van der Waals surface area contributed by atoms with Crippen LogP contribution >= 0.6 is 0 Å². The second kappa shape index (κ2) is 5.79. The fourth-order valence-electron chi connectivity index (χ4n) is 1.64. The summed E-state index contributed by atoms with van der Waals surface area (Å²) in [4.78, 5) is 26.9. The lowest BCUT2D eigenvalue weighted by Gasteiger charge is -2.02. The van der Waals surface area contributed by atoms with E-state index >= 15 is 0 Å². The quantitative estimate of drug-likeness (QED) is 0.793. The molecule has 0 aliphatic heterocycles. The Morgan fingerprint density at radius 1 is 1.40 bits per heavy atom. The molecule has 2 amide bonds. The van der Waals surface area contributed by atoms with E-state index in [4.69, 9.17) is 5.73 Å². The number of carbonyl (C=O) groups is 2. The number of hydrogen-bond donors (Lipinski definition) is 2.